The van der Waals surface area contributed by atoms with Gasteiger partial charge in [0, 0.05) is 17.0 Å². The molecule has 1 aliphatic heterocycles. The summed E-state index contributed by atoms with van der Waals surface area (Å²) in [5.41, 5.74) is 0. The lowest BCUT2D eigenvalue weighted by Crippen LogP contribution is -2.48. The summed E-state index contributed by atoms with van der Waals surface area (Å²) in [6.45, 7) is 7.05. The van der Waals surface area contributed by atoms with E-state index in [-0.39, 0.29) is 4.75 Å². The van der Waals surface area contributed by atoms with Gasteiger partial charge in [-0.2, -0.15) is 16.1 Å². The molecule has 0 bridgehead atoms. The molecule has 5 nitrogen and oxygen atoms in total. The second-order valence-electron chi connectivity index (χ2n) is 6.01. The third-order valence-electron chi connectivity index (χ3n) is 3.01. The molecule has 7 heteroatoms. The fourth-order valence-electron chi connectivity index (χ4n) is 2.12. The Kier molecular flexibility index (Phi) is 6.34. The zero-order valence-corrected chi connectivity index (χ0v) is 14.3. The summed E-state index contributed by atoms with van der Waals surface area (Å²) < 4.78 is 30.0. The summed E-state index contributed by atoms with van der Waals surface area (Å²) in [6, 6.07) is -0.640. The average Bonchev–Trinajstić information content (AvgIpc) is 2.32. The fraction of sp³-hybridized carbons (Fsp3) is 0.923. The van der Waals surface area contributed by atoms with Crippen molar-refractivity contribution in [2.24, 2.45) is 0 Å². The van der Waals surface area contributed by atoms with E-state index in [1.54, 1.807) is 11.8 Å². The van der Waals surface area contributed by atoms with Crippen molar-refractivity contribution < 1.29 is 17.9 Å². The Morgan fingerprint density at radius 2 is 2.00 bits per heavy atom. The molecule has 0 aromatic rings. The van der Waals surface area contributed by atoms with Crippen LogP contribution in [0.4, 0.5) is 0 Å². The quantitative estimate of drug-likeness (QED) is 0.571. The number of rotatable bonds is 5. The predicted molar refractivity (Wildman–Crippen MR) is 82.4 cm³/mol. The van der Waals surface area contributed by atoms with Crippen molar-refractivity contribution in [1.29, 1.82) is 0 Å². The standard InChI is InChI=1S/C13H25NO4S2/c1-13(2,3)19-10-9-18-12(15)11-7-5-6-8-14(11)20(4,16)17/h11H,5-10H2,1-4H3/t11-/m1/s1. The molecular formula is C13H25NO4S2. The molecule has 0 amide bonds. The average molecular weight is 323 g/mol. The highest BCUT2D eigenvalue weighted by Crippen LogP contribution is 2.23. The third kappa shape index (κ3) is 6.01. The minimum atomic E-state index is -3.35. The summed E-state index contributed by atoms with van der Waals surface area (Å²) in [6.07, 6.45) is 3.37. The van der Waals surface area contributed by atoms with E-state index in [1.807, 2.05) is 0 Å². The van der Waals surface area contributed by atoms with E-state index in [0.29, 0.717) is 19.6 Å². The summed E-state index contributed by atoms with van der Waals surface area (Å²) in [5, 5.41) is 0. The monoisotopic (exact) mass is 323 g/mol. The zero-order chi connectivity index (χ0) is 15.4. The van der Waals surface area contributed by atoms with Crippen LogP contribution in [-0.2, 0) is 19.6 Å². The van der Waals surface area contributed by atoms with Crippen molar-refractivity contribution in [3.05, 3.63) is 0 Å². The molecule has 0 aromatic carbocycles. The molecule has 0 spiro atoms. The first-order valence-corrected chi connectivity index (χ1v) is 9.72. The summed E-state index contributed by atoms with van der Waals surface area (Å²) in [7, 11) is -3.35. The number of hydrogen-bond donors (Lipinski definition) is 0. The highest BCUT2D eigenvalue weighted by atomic mass is 32.2. The predicted octanol–water partition coefficient (Wildman–Crippen LogP) is 1.88. The van der Waals surface area contributed by atoms with Gasteiger partial charge in [-0.25, -0.2) is 8.42 Å². The zero-order valence-electron chi connectivity index (χ0n) is 12.7. The molecule has 1 fully saturated rings. The number of ether oxygens (including phenoxy) is 1. The maximum atomic E-state index is 12.0. The Morgan fingerprint density at radius 3 is 2.55 bits per heavy atom. The lowest BCUT2D eigenvalue weighted by Gasteiger charge is -2.31. The lowest BCUT2D eigenvalue weighted by atomic mass is 10.1. The highest BCUT2D eigenvalue weighted by molar-refractivity contribution is 8.00. The van der Waals surface area contributed by atoms with E-state index >= 15 is 0 Å². The second kappa shape index (κ2) is 7.13. The first-order valence-electron chi connectivity index (χ1n) is 6.89. The molecule has 1 heterocycles. The van der Waals surface area contributed by atoms with Gasteiger partial charge in [0.15, 0.2) is 0 Å². The van der Waals surface area contributed by atoms with Gasteiger partial charge in [-0.1, -0.05) is 20.8 Å². The van der Waals surface area contributed by atoms with Gasteiger partial charge in [-0.15, -0.1) is 0 Å². The van der Waals surface area contributed by atoms with Crippen molar-refractivity contribution in [1.82, 2.24) is 4.31 Å². The van der Waals surface area contributed by atoms with E-state index in [2.05, 4.69) is 20.8 Å². The molecule has 0 aliphatic carbocycles. The minimum Gasteiger partial charge on any atom is -0.464 e. The molecule has 118 valence electrons. The van der Waals surface area contributed by atoms with Gasteiger partial charge in [-0.05, 0) is 19.3 Å². The maximum absolute atomic E-state index is 12.0. The van der Waals surface area contributed by atoms with Crippen molar-refractivity contribution in [2.75, 3.05) is 25.2 Å². The number of carbonyl (C=O) groups is 1. The minimum absolute atomic E-state index is 0.135. The molecule has 1 atom stereocenters. The van der Waals surface area contributed by atoms with Crippen LogP contribution in [0.1, 0.15) is 40.0 Å². The van der Waals surface area contributed by atoms with Gasteiger partial charge in [0.25, 0.3) is 0 Å². The Balaban J connectivity index is 2.48. The van der Waals surface area contributed by atoms with E-state index in [1.165, 1.54) is 4.31 Å². The molecule has 0 N–H and O–H groups in total. The molecule has 0 unspecified atom stereocenters. The summed E-state index contributed by atoms with van der Waals surface area (Å²) in [5.74, 6) is 0.311. The molecule has 0 saturated carbocycles. The first kappa shape index (κ1) is 17.8. The smallest absolute Gasteiger partial charge is 0.324 e. The Labute approximate surface area is 126 Å². The fourth-order valence-corrected chi connectivity index (χ4v) is 4.02. The van der Waals surface area contributed by atoms with E-state index < -0.39 is 22.0 Å². The van der Waals surface area contributed by atoms with Crippen LogP contribution in [0.5, 0.6) is 0 Å². The SMILES string of the molecule is CC(C)(C)SCCOC(=O)[C@H]1CCCCN1S(C)(=O)=O. The van der Waals surface area contributed by atoms with Gasteiger partial charge in [0.05, 0.1) is 6.26 Å². The van der Waals surface area contributed by atoms with Gasteiger partial charge < -0.3 is 4.74 Å². The van der Waals surface area contributed by atoms with Crippen molar-refractivity contribution in [3.63, 3.8) is 0 Å². The van der Waals surface area contributed by atoms with Crippen LogP contribution in [0, 0.1) is 0 Å². The Hall–Kier alpha value is -0.270. The number of carbonyl (C=O) groups excluding carboxylic acids is 1. The van der Waals surface area contributed by atoms with Crippen LogP contribution >= 0.6 is 11.8 Å². The van der Waals surface area contributed by atoms with Crippen molar-refractivity contribution in [3.8, 4) is 0 Å². The summed E-state index contributed by atoms with van der Waals surface area (Å²) in [4.78, 5) is 12.0. The molecule has 1 saturated heterocycles. The van der Waals surface area contributed by atoms with Gasteiger partial charge in [-0.3, -0.25) is 4.79 Å². The molecule has 20 heavy (non-hydrogen) atoms. The molecule has 1 rings (SSSR count). The van der Waals surface area contributed by atoms with Crippen LogP contribution < -0.4 is 0 Å². The topological polar surface area (TPSA) is 63.7 Å². The molecule has 1 aliphatic rings. The van der Waals surface area contributed by atoms with Gasteiger partial charge in [0.1, 0.15) is 12.6 Å². The number of nitrogens with zero attached hydrogens (tertiary/aromatic N) is 1. The van der Waals surface area contributed by atoms with Gasteiger partial charge >= 0.3 is 5.97 Å². The van der Waals surface area contributed by atoms with Crippen molar-refractivity contribution >= 4 is 27.8 Å². The Morgan fingerprint density at radius 1 is 1.35 bits per heavy atom. The van der Waals surface area contributed by atoms with Crippen LogP contribution in [0.25, 0.3) is 0 Å². The maximum Gasteiger partial charge on any atom is 0.324 e. The van der Waals surface area contributed by atoms with Crippen LogP contribution in [-0.4, -0.2) is 54.6 Å². The Bertz CT molecular complexity index is 428. The van der Waals surface area contributed by atoms with E-state index in [0.717, 1.165) is 24.9 Å². The van der Waals surface area contributed by atoms with Crippen LogP contribution in [0.3, 0.4) is 0 Å². The number of piperidine rings is 1. The molecular weight excluding hydrogens is 298 g/mol. The largest absolute Gasteiger partial charge is 0.464 e. The number of esters is 1. The first-order chi connectivity index (χ1) is 9.11. The van der Waals surface area contributed by atoms with E-state index in [9.17, 15) is 13.2 Å². The number of thioether (sulfide) groups is 1. The normalized spacial score (nSPS) is 21.7. The third-order valence-corrected chi connectivity index (χ3v) is 5.54. The second-order valence-corrected chi connectivity index (χ2v) is 9.87. The van der Waals surface area contributed by atoms with Crippen LogP contribution in [0.15, 0.2) is 0 Å². The van der Waals surface area contributed by atoms with Crippen molar-refractivity contribution in [2.45, 2.75) is 50.8 Å². The number of sulfonamides is 1. The molecule has 0 radical (unpaired) electrons. The van der Waals surface area contributed by atoms with Crippen LogP contribution in [0.2, 0.25) is 0 Å². The molecule has 0 aromatic heterocycles. The highest BCUT2D eigenvalue weighted by Gasteiger charge is 2.35. The lowest BCUT2D eigenvalue weighted by molar-refractivity contribution is -0.148. The summed E-state index contributed by atoms with van der Waals surface area (Å²) >= 11 is 1.72. The van der Waals surface area contributed by atoms with Gasteiger partial charge in [0.2, 0.25) is 10.0 Å². The van der Waals surface area contributed by atoms with E-state index in [4.69, 9.17) is 4.74 Å². The number of hydrogen-bond acceptors (Lipinski definition) is 5.